The van der Waals surface area contributed by atoms with E-state index in [4.69, 9.17) is 0 Å². The fourth-order valence-electron chi connectivity index (χ4n) is 4.04. The Morgan fingerprint density at radius 3 is 2.66 bits per heavy atom. The molecule has 2 N–H and O–H groups in total. The first kappa shape index (κ1) is 21.8. The Balaban J connectivity index is 1.57. The lowest BCUT2D eigenvalue weighted by Crippen LogP contribution is -2.32. The third-order valence-corrected chi connectivity index (χ3v) is 6.58. The first-order valence-electron chi connectivity index (χ1n) is 10.4. The highest BCUT2D eigenvalue weighted by atomic mass is 32.2. The molecule has 2 aromatic rings. The maximum atomic E-state index is 14.7. The first-order valence-corrected chi connectivity index (χ1v) is 11.4. The Morgan fingerprint density at radius 1 is 1.16 bits per heavy atom. The van der Waals surface area contributed by atoms with Gasteiger partial charge >= 0.3 is 0 Å². The van der Waals surface area contributed by atoms with Crippen LogP contribution in [-0.4, -0.2) is 17.4 Å². The van der Waals surface area contributed by atoms with Gasteiger partial charge in [-0.2, -0.15) is 5.26 Å². The summed E-state index contributed by atoms with van der Waals surface area (Å²) in [5.74, 6) is -1.36. The number of nitrogens with one attached hydrogen (secondary N) is 2. The van der Waals surface area contributed by atoms with Crippen LogP contribution in [0.5, 0.6) is 0 Å². The van der Waals surface area contributed by atoms with E-state index in [1.165, 1.54) is 17.8 Å². The standard InChI is InChI=1S/C25H22FN3O2S/c26-19-10-5-4-9-17(19)23-18(13-27)25(29-20-11-6-12-21(30)24(20)23)32-15-22(31)28-14-16-7-2-1-3-8-16/h1-5,7-10,23,29H,6,11-12,14-15H2,(H,28,31)/t23-/m0/s1. The van der Waals surface area contributed by atoms with E-state index in [2.05, 4.69) is 16.7 Å². The number of amides is 1. The van der Waals surface area contributed by atoms with Gasteiger partial charge in [-0.15, -0.1) is 0 Å². The minimum atomic E-state index is -0.764. The second-order valence-electron chi connectivity index (χ2n) is 7.65. The van der Waals surface area contributed by atoms with Crippen LogP contribution in [-0.2, 0) is 16.1 Å². The Hall–Kier alpha value is -3.37. The largest absolute Gasteiger partial charge is 0.352 e. The van der Waals surface area contributed by atoms with E-state index in [-0.39, 0.29) is 23.0 Å². The molecule has 1 amide bonds. The molecule has 1 aliphatic carbocycles. The lowest BCUT2D eigenvalue weighted by Gasteiger charge is -2.33. The second-order valence-corrected chi connectivity index (χ2v) is 8.64. The van der Waals surface area contributed by atoms with Crippen molar-refractivity contribution in [3.63, 3.8) is 0 Å². The highest BCUT2D eigenvalue weighted by molar-refractivity contribution is 8.03. The number of allylic oxidation sites excluding steroid dienone is 3. The number of carbonyl (C=O) groups is 2. The van der Waals surface area contributed by atoms with Crippen molar-refractivity contribution < 1.29 is 14.0 Å². The van der Waals surface area contributed by atoms with Crippen LogP contribution in [0.15, 0.2) is 76.5 Å². The number of thioether (sulfide) groups is 1. The average Bonchev–Trinajstić information content (AvgIpc) is 2.81. The smallest absolute Gasteiger partial charge is 0.230 e. The average molecular weight is 448 g/mol. The Labute approximate surface area is 190 Å². The second kappa shape index (κ2) is 9.84. The number of halogens is 1. The number of ketones is 1. The molecule has 0 saturated heterocycles. The number of carbonyl (C=O) groups excluding carboxylic acids is 2. The molecule has 0 bridgehead atoms. The molecular formula is C25H22FN3O2S. The number of Topliss-reactive ketones (excluding diaryl/α,β-unsaturated/α-hetero) is 1. The molecular weight excluding hydrogens is 425 g/mol. The molecule has 7 heteroatoms. The summed E-state index contributed by atoms with van der Waals surface area (Å²) < 4.78 is 14.7. The lowest BCUT2D eigenvalue weighted by atomic mass is 9.76. The molecule has 0 fully saturated rings. The summed E-state index contributed by atoms with van der Waals surface area (Å²) in [5.41, 5.74) is 2.76. The number of hydrogen-bond acceptors (Lipinski definition) is 5. The van der Waals surface area contributed by atoms with Crippen molar-refractivity contribution in [2.75, 3.05) is 5.75 Å². The highest BCUT2D eigenvalue weighted by Crippen LogP contribution is 2.44. The van der Waals surface area contributed by atoms with Crippen molar-refractivity contribution in [3.05, 3.63) is 93.4 Å². The van der Waals surface area contributed by atoms with Crippen LogP contribution in [0.3, 0.4) is 0 Å². The van der Waals surface area contributed by atoms with Gasteiger partial charge in [-0.25, -0.2) is 4.39 Å². The zero-order valence-electron chi connectivity index (χ0n) is 17.4. The number of benzene rings is 2. The van der Waals surface area contributed by atoms with Crippen LogP contribution >= 0.6 is 11.8 Å². The number of dihydropyridines is 1. The van der Waals surface area contributed by atoms with E-state index in [1.807, 2.05) is 30.3 Å². The molecule has 5 nitrogen and oxygen atoms in total. The van der Waals surface area contributed by atoms with E-state index in [0.29, 0.717) is 42.0 Å². The first-order chi connectivity index (χ1) is 15.6. The fourth-order valence-corrected chi connectivity index (χ4v) is 4.93. The van der Waals surface area contributed by atoms with Crippen molar-refractivity contribution in [3.8, 4) is 6.07 Å². The van der Waals surface area contributed by atoms with Gasteiger partial charge < -0.3 is 10.6 Å². The van der Waals surface area contributed by atoms with Crippen LogP contribution in [0.4, 0.5) is 4.39 Å². The Kier molecular flexibility index (Phi) is 6.72. The predicted octanol–water partition coefficient (Wildman–Crippen LogP) is 4.30. The van der Waals surface area contributed by atoms with Gasteiger partial charge in [-0.3, -0.25) is 9.59 Å². The molecule has 162 valence electrons. The summed E-state index contributed by atoms with van der Waals surface area (Å²) in [7, 11) is 0. The zero-order chi connectivity index (χ0) is 22.5. The maximum absolute atomic E-state index is 14.7. The van der Waals surface area contributed by atoms with E-state index in [9.17, 15) is 19.2 Å². The molecule has 1 heterocycles. The molecule has 1 atom stereocenters. The topological polar surface area (TPSA) is 82.0 Å². The van der Waals surface area contributed by atoms with E-state index in [0.717, 1.165) is 11.3 Å². The van der Waals surface area contributed by atoms with Crippen LogP contribution in [0, 0.1) is 17.1 Å². The monoisotopic (exact) mass is 447 g/mol. The van der Waals surface area contributed by atoms with Gasteiger partial charge in [0.15, 0.2) is 5.78 Å². The summed E-state index contributed by atoms with van der Waals surface area (Å²) in [6, 6.07) is 18.0. The van der Waals surface area contributed by atoms with Gasteiger partial charge in [-0.1, -0.05) is 60.3 Å². The summed E-state index contributed by atoms with van der Waals surface area (Å²) in [5, 5.41) is 16.5. The molecule has 0 radical (unpaired) electrons. The van der Waals surface area contributed by atoms with Crippen LogP contribution in [0.2, 0.25) is 0 Å². The molecule has 0 aromatic heterocycles. The van der Waals surface area contributed by atoms with Crippen molar-refractivity contribution in [1.82, 2.24) is 10.6 Å². The SMILES string of the molecule is N#CC1=C(SCC(=O)NCc2ccccc2)NC2=C(C(=O)CCC2)[C@H]1c1ccccc1F. The van der Waals surface area contributed by atoms with Gasteiger partial charge in [0.1, 0.15) is 5.82 Å². The summed E-state index contributed by atoms with van der Waals surface area (Å²) in [6.45, 7) is 0.416. The van der Waals surface area contributed by atoms with Crippen molar-refractivity contribution in [1.29, 1.82) is 5.26 Å². The van der Waals surface area contributed by atoms with Crippen molar-refractivity contribution in [2.45, 2.75) is 31.7 Å². The van der Waals surface area contributed by atoms with Gasteiger partial charge in [0.05, 0.1) is 28.3 Å². The minimum absolute atomic E-state index is 0.0654. The predicted molar refractivity (Wildman–Crippen MR) is 122 cm³/mol. The molecule has 1 aliphatic heterocycles. The molecule has 0 saturated carbocycles. The fraction of sp³-hybridized carbons (Fsp3) is 0.240. The quantitative estimate of drug-likeness (QED) is 0.690. The van der Waals surface area contributed by atoms with E-state index >= 15 is 0 Å². The summed E-state index contributed by atoms with van der Waals surface area (Å²) in [4.78, 5) is 25.2. The molecule has 0 spiro atoms. The molecule has 2 aliphatic rings. The number of nitriles is 1. The van der Waals surface area contributed by atoms with Crippen LogP contribution in [0.25, 0.3) is 0 Å². The number of rotatable bonds is 6. The van der Waals surface area contributed by atoms with Gasteiger partial charge in [0, 0.05) is 29.8 Å². The Bertz CT molecular complexity index is 1150. The Morgan fingerprint density at radius 2 is 1.91 bits per heavy atom. The van der Waals surface area contributed by atoms with Crippen LogP contribution < -0.4 is 10.6 Å². The van der Waals surface area contributed by atoms with Gasteiger partial charge in [0.2, 0.25) is 5.91 Å². The third kappa shape index (κ3) is 4.61. The molecule has 2 aromatic carbocycles. The molecule has 4 rings (SSSR count). The summed E-state index contributed by atoms with van der Waals surface area (Å²) >= 11 is 1.20. The van der Waals surface area contributed by atoms with Gasteiger partial charge in [-0.05, 0) is 24.5 Å². The van der Waals surface area contributed by atoms with E-state index < -0.39 is 11.7 Å². The lowest BCUT2D eigenvalue weighted by molar-refractivity contribution is -0.119. The zero-order valence-corrected chi connectivity index (χ0v) is 18.2. The maximum Gasteiger partial charge on any atom is 0.230 e. The molecule has 0 unspecified atom stereocenters. The minimum Gasteiger partial charge on any atom is -0.352 e. The van der Waals surface area contributed by atoms with Crippen molar-refractivity contribution >= 4 is 23.5 Å². The van der Waals surface area contributed by atoms with E-state index in [1.54, 1.807) is 18.2 Å². The highest BCUT2D eigenvalue weighted by Gasteiger charge is 2.38. The van der Waals surface area contributed by atoms with Gasteiger partial charge in [0.25, 0.3) is 0 Å². The normalized spacial score (nSPS) is 18.0. The third-order valence-electron chi connectivity index (χ3n) is 5.56. The number of hydrogen-bond donors (Lipinski definition) is 2. The van der Waals surface area contributed by atoms with Crippen LogP contribution in [0.1, 0.15) is 36.3 Å². The number of nitrogens with zero attached hydrogens (tertiary/aromatic N) is 1. The summed E-state index contributed by atoms with van der Waals surface area (Å²) in [6.07, 6.45) is 1.73. The molecule has 32 heavy (non-hydrogen) atoms. The van der Waals surface area contributed by atoms with Crippen molar-refractivity contribution in [2.24, 2.45) is 0 Å².